The van der Waals surface area contributed by atoms with Gasteiger partial charge in [-0.3, -0.25) is 0 Å². The van der Waals surface area contributed by atoms with Gasteiger partial charge in [-0.05, 0) is 42.9 Å². The van der Waals surface area contributed by atoms with Crippen LogP contribution in [0.15, 0.2) is 93.0 Å². The summed E-state index contributed by atoms with van der Waals surface area (Å²) >= 11 is 0. The smallest absolute Gasteiger partial charge is 0.347 e. The van der Waals surface area contributed by atoms with Gasteiger partial charge in [0.1, 0.15) is 17.1 Å². The number of hydrogen-bond acceptors (Lipinski definition) is 6. The molecule has 196 valence electrons. The van der Waals surface area contributed by atoms with Crippen molar-refractivity contribution in [2.45, 2.75) is 49.5 Å². The second kappa shape index (κ2) is 10.5. The molecule has 1 aliphatic carbocycles. The molecule has 1 atom stereocenters. The van der Waals surface area contributed by atoms with Gasteiger partial charge in [-0.1, -0.05) is 73.7 Å². The van der Waals surface area contributed by atoms with Gasteiger partial charge in [0.15, 0.2) is 0 Å². The van der Waals surface area contributed by atoms with Crippen LogP contribution in [0.4, 0.5) is 5.69 Å². The van der Waals surface area contributed by atoms with E-state index in [9.17, 15) is 18.3 Å². The van der Waals surface area contributed by atoms with Crippen LogP contribution in [0.1, 0.15) is 43.4 Å². The van der Waals surface area contributed by atoms with Gasteiger partial charge in [0.2, 0.25) is 10.0 Å². The molecule has 7 nitrogen and oxygen atoms in total. The number of anilines is 1. The van der Waals surface area contributed by atoms with Crippen LogP contribution in [0.25, 0.3) is 22.3 Å². The molecule has 0 aliphatic heterocycles. The first kappa shape index (κ1) is 25.8. The number of primary sulfonamides is 1. The predicted octanol–water partition coefficient (Wildman–Crippen LogP) is 5.64. The number of nitrogens with two attached hydrogens (primary N) is 1. The highest BCUT2D eigenvalue weighted by atomic mass is 32.2. The van der Waals surface area contributed by atoms with Gasteiger partial charge in [0.25, 0.3) is 0 Å². The maximum atomic E-state index is 13.4. The fourth-order valence-corrected chi connectivity index (χ4v) is 5.56. The summed E-state index contributed by atoms with van der Waals surface area (Å²) < 4.78 is 31.0. The standard InChI is InChI=1S/C30H30N2O5S/c1-2-20(17-19-9-5-3-6-10-19)25-18-24(33)28(30(34)37-25)23-15-16-26(38(31,35)36)27(21-11-7-4-8-12-21)29(23)32-22-13-14-22/h3-12,15-16,18,20,22,32-33H,2,13-14,17H2,1H3,(H2,31,35,36). The second-order valence-electron chi connectivity index (χ2n) is 9.68. The zero-order valence-corrected chi connectivity index (χ0v) is 21.9. The van der Waals surface area contributed by atoms with Gasteiger partial charge in [-0.15, -0.1) is 0 Å². The fourth-order valence-electron chi connectivity index (χ4n) is 4.79. The third-order valence-electron chi connectivity index (χ3n) is 6.90. The van der Waals surface area contributed by atoms with E-state index in [1.807, 2.05) is 43.3 Å². The van der Waals surface area contributed by atoms with Crippen molar-refractivity contribution in [3.8, 4) is 28.0 Å². The molecule has 0 bridgehead atoms. The van der Waals surface area contributed by atoms with Crippen LogP contribution in [0, 0.1) is 0 Å². The second-order valence-corrected chi connectivity index (χ2v) is 11.2. The van der Waals surface area contributed by atoms with Crippen LogP contribution >= 0.6 is 0 Å². The molecule has 0 amide bonds. The van der Waals surface area contributed by atoms with E-state index in [1.165, 1.54) is 18.2 Å². The highest BCUT2D eigenvalue weighted by Gasteiger charge is 2.30. The van der Waals surface area contributed by atoms with Gasteiger partial charge in [0.05, 0.1) is 10.6 Å². The van der Waals surface area contributed by atoms with Crippen LogP contribution in [0.2, 0.25) is 0 Å². The van der Waals surface area contributed by atoms with Crippen molar-refractivity contribution in [2.75, 3.05) is 5.32 Å². The van der Waals surface area contributed by atoms with Crippen molar-refractivity contribution in [3.05, 3.63) is 101 Å². The van der Waals surface area contributed by atoms with E-state index < -0.39 is 15.6 Å². The summed E-state index contributed by atoms with van der Waals surface area (Å²) in [6, 6.07) is 23.4. The average Bonchev–Trinajstić information content (AvgIpc) is 3.72. The lowest BCUT2D eigenvalue weighted by atomic mass is 9.92. The summed E-state index contributed by atoms with van der Waals surface area (Å²) in [5.74, 6) is 0.0893. The van der Waals surface area contributed by atoms with Crippen LogP contribution in [-0.2, 0) is 16.4 Å². The monoisotopic (exact) mass is 530 g/mol. The first-order valence-corrected chi connectivity index (χ1v) is 14.2. The number of hydrogen-bond donors (Lipinski definition) is 3. The zero-order chi connectivity index (χ0) is 26.9. The fraction of sp³-hybridized carbons (Fsp3) is 0.233. The van der Waals surface area contributed by atoms with Crippen LogP contribution in [0.3, 0.4) is 0 Å². The maximum absolute atomic E-state index is 13.4. The van der Waals surface area contributed by atoms with E-state index >= 15 is 0 Å². The largest absolute Gasteiger partial charge is 0.507 e. The first-order chi connectivity index (χ1) is 18.3. The Balaban J connectivity index is 1.67. The Hall–Kier alpha value is -3.88. The molecule has 0 spiro atoms. The average molecular weight is 531 g/mol. The van der Waals surface area contributed by atoms with E-state index in [1.54, 1.807) is 24.3 Å². The summed E-state index contributed by atoms with van der Waals surface area (Å²) in [5.41, 5.74) is 2.16. The lowest BCUT2D eigenvalue weighted by Crippen LogP contribution is -2.16. The quantitative estimate of drug-likeness (QED) is 0.257. The Bertz CT molecular complexity index is 1610. The van der Waals surface area contributed by atoms with Gasteiger partial charge >= 0.3 is 5.63 Å². The SMILES string of the molecule is CCC(Cc1ccccc1)c1cc(O)c(-c2ccc(S(N)(=O)=O)c(-c3ccccc3)c2NC2CC2)c(=O)o1. The van der Waals surface area contributed by atoms with Crippen LogP contribution in [-0.4, -0.2) is 19.6 Å². The van der Waals surface area contributed by atoms with Gasteiger partial charge in [0, 0.05) is 29.2 Å². The highest BCUT2D eigenvalue weighted by Crippen LogP contribution is 2.44. The Morgan fingerprint density at radius 3 is 2.24 bits per heavy atom. The van der Waals surface area contributed by atoms with E-state index in [-0.39, 0.29) is 28.2 Å². The summed E-state index contributed by atoms with van der Waals surface area (Å²) in [5, 5.41) is 20.2. The molecular formula is C30H30N2O5S. The Kier molecular flexibility index (Phi) is 7.10. The molecule has 4 aromatic rings. The summed E-state index contributed by atoms with van der Waals surface area (Å²) in [6.45, 7) is 2.01. The number of nitrogens with one attached hydrogen (secondary N) is 1. The Morgan fingerprint density at radius 2 is 1.66 bits per heavy atom. The minimum Gasteiger partial charge on any atom is -0.507 e. The number of sulfonamides is 1. The Labute approximate surface area is 222 Å². The van der Waals surface area contributed by atoms with Gasteiger partial charge < -0.3 is 14.8 Å². The number of aromatic hydroxyl groups is 1. The zero-order valence-electron chi connectivity index (χ0n) is 21.1. The van der Waals surface area contributed by atoms with Crippen LogP contribution < -0.4 is 16.1 Å². The molecule has 8 heteroatoms. The minimum atomic E-state index is -4.09. The van der Waals surface area contributed by atoms with Crippen molar-refractivity contribution in [2.24, 2.45) is 5.14 Å². The summed E-state index contributed by atoms with van der Waals surface area (Å²) in [6.07, 6.45) is 3.19. The molecule has 0 radical (unpaired) electrons. The lowest BCUT2D eigenvalue weighted by molar-refractivity contribution is 0.396. The van der Waals surface area contributed by atoms with E-state index in [0.717, 1.165) is 18.4 Å². The molecule has 1 saturated carbocycles. The van der Waals surface area contributed by atoms with Gasteiger partial charge in [-0.2, -0.15) is 0 Å². The van der Waals surface area contributed by atoms with E-state index in [4.69, 9.17) is 9.56 Å². The van der Waals surface area contributed by atoms with Gasteiger partial charge in [-0.25, -0.2) is 18.4 Å². The topological polar surface area (TPSA) is 123 Å². The van der Waals surface area contributed by atoms with Crippen molar-refractivity contribution < 1.29 is 17.9 Å². The van der Waals surface area contributed by atoms with Crippen molar-refractivity contribution in [1.82, 2.24) is 0 Å². The summed E-state index contributed by atoms with van der Waals surface area (Å²) in [4.78, 5) is 13.4. The molecule has 4 N–H and O–H groups in total. The molecule has 1 aromatic heterocycles. The molecular weight excluding hydrogens is 500 g/mol. The molecule has 1 unspecified atom stereocenters. The summed E-state index contributed by atoms with van der Waals surface area (Å²) in [7, 11) is -4.09. The van der Waals surface area contributed by atoms with E-state index in [2.05, 4.69) is 5.32 Å². The molecule has 1 aliphatic rings. The maximum Gasteiger partial charge on any atom is 0.347 e. The molecule has 38 heavy (non-hydrogen) atoms. The highest BCUT2D eigenvalue weighted by molar-refractivity contribution is 7.89. The van der Waals surface area contributed by atoms with Crippen LogP contribution in [0.5, 0.6) is 5.75 Å². The Morgan fingerprint density at radius 1 is 1.00 bits per heavy atom. The van der Waals surface area contributed by atoms with E-state index in [0.29, 0.717) is 41.0 Å². The molecule has 1 heterocycles. The minimum absolute atomic E-state index is 0.0235. The predicted molar refractivity (Wildman–Crippen MR) is 149 cm³/mol. The lowest BCUT2D eigenvalue weighted by Gasteiger charge is -2.20. The van der Waals surface area contributed by atoms with Crippen molar-refractivity contribution >= 4 is 15.7 Å². The molecule has 1 fully saturated rings. The molecule has 0 saturated heterocycles. The third-order valence-corrected chi connectivity index (χ3v) is 7.85. The normalized spacial score (nSPS) is 14.3. The first-order valence-electron chi connectivity index (χ1n) is 12.7. The number of benzene rings is 3. The molecule has 3 aromatic carbocycles. The molecule has 5 rings (SSSR count). The van der Waals surface area contributed by atoms with Crippen molar-refractivity contribution in [3.63, 3.8) is 0 Å². The third kappa shape index (κ3) is 5.37. The van der Waals surface area contributed by atoms with Crippen molar-refractivity contribution in [1.29, 1.82) is 0 Å². The number of rotatable bonds is 9.